The van der Waals surface area contributed by atoms with E-state index in [1.807, 2.05) is 36.4 Å². The minimum atomic E-state index is -0.263. The Labute approximate surface area is 147 Å². The highest BCUT2D eigenvalue weighted by molar-refractivity contribution is 5.96. The van der Waals surface area contributed by atoms with Crippen LogP contribution in [0.2, 0.25) is 0 Å². The average Bonchev–Trinajstić information content (AvgIpc) is 2.68. The maximum absolute atomic E-state index is 12.3. The van der Waals surface area contributed by atoms with Crippen molar-refractivity contribution in [2.45, 2.75) is 13.0 Å². The first-order chi connectivity index (χ1) is 12.2. The van der Waals surface area contributed by atoms with Crippen molar-refractivity contribution in [1.29, 1.82) is 0 Å². The first kappa shape index (κ1) is 17.0. The van der Waals surface area contributed by atoms with Crippen molar-refractivity contribution in [3.8, 4) is 0 Å². The van der Waals surface area contributed by atoms with Gasteiger partial charge in [0.25, 0.3) is 0 Å². The van der Waals surface area contributed by atoms with Crippen molar-refractivity contribution in [2.24, 2.45) is 0 Å². The van der Waals surface area contributed by atoms with Crippen molar-refractivity contribution in [3.63, 3.8) is 0 Å². The minimum Gasteiger partial charge on any atom is -0.368 e. The van der Waals surface area contributed by atoms with Crippen LogP contribution in [-0.2, 0) is 16.1 Å². The number of nitrogens with one attached hydrogen (secondary N) is 1. The summed E-state index contributed by atoms with van der Waals surface area (Å²) >= 11 is 0. The standard InChI is InChI=1S/C19H22N4O2/c24-18(21-15-16-6-4-5-9-20-16)14-19(25)23-12-10-22(11-13-23)17-7-2-1-3-8-17/h1-9H,10-15H2,(H,21,24). The molecule has 1 aliphatic heterocycles. The third kappa shape index (κ3) is 4.79. The summed E-state index contributed by atoms with van der Waals surface area (Å²) < 4.78 is 0. The van der Waals surface area contributed by atoms with Crippen LogP contribution in [-0.4, -0.2) is 47.9 Å². The lowest BCUT2D eigenvalue weighted by molar-refractivity contribution is -0.136. The number of hydrogen-bond donors (Lipinski definition) is 1. The van der Waals surface area contributed by atoms with Crippen molar-refractivity contribution in [2.75, 3.05) is 31.1 Å². The maximum Gasteiger partial charge on any atom is 0.232 e. The van der Waals surface area contributed by atoms with Crippen LogP contribution in [0.4, 0.5) is 5.69 Å². The number of hydrogen-bond acceptors (Lipinski definition) is 4. The fraction of sp³-hybridized carbons (Fsp3) is 0.316. The predicted molar refractivity (Wildman–Crippen MR) is 95.9 cm³/mol. The number of pyridine rings is 1. The van der Waals surface area contributed by atoms with Crippen LogP contribution in [0, 0.1) is 0 Å². The molecule has 1 aliphatic rings. The number of para-hydroxylation sites is 1. The van der Waals surface area contributed by atoms with Gasteiger partial charge in [0.2, 0.25) is 11.8 Å². The molecule has 25 heavy (non-hydrogen) atoms. The van der Waals surface area contributed by atoms with Crippen molar-refractivity contribution in [3.05, 3.63) is 60.4 Å². The molecular formula is C19H22N4O2. The molecule has 0 unspecified atom stereocenters. The van der Waals surface area contributed by atoms with Gasteiger partial charge in [0.1, 0.15) is 6.42 Å². The number of anilines is 1. The van der Waals surface area contributed by atoms with Gasteiger partial charge in [-0.15, -0.1) is 0 Å². The van der Waals surface area contributed by atoms with Gasteiger partial charge in [0.05, 0.1) is 12.2 Å². The van der Waals surface area contributed by atoms with Crippen LogP contribution in [0.5, 0.6) is 0 Å². The molecule has 6 nitrogen and oxygen atoms in total. The Kier molecular flexibility index (Phi) is 5.61. The molecule has 1 N–H and O–H groups in total. The Morgan fingerprint density at radius 1 is 0.960 bits per heavy atom. The number of amides is 2. The zero-order valence-corrected chi connectivity index (χ0v) is 14.1. The lowest BCUT2D eigenvalue weighted by Crippen LogP contribution is -2.49. The number of benzene rings is 1. The fourth-order valence-electron chi connectivity index (χ4n) is 2.86. The molecule has 1 aromatic carbocycles. The fourth-order valence-corrected chi connectivity index (χ4v) is 2.86. The summed E-state index contributed by atoms with van der Waals surface area (Å²) in [5, 5.41) is 2.74. The third-order valence-electron chi connectivity index (χ3n) is 4.26. The second-order valence-corrected chi connectivity index (χ2v) is 5.98. The molecule has 0 radical (unpaired) electrons. The molecule has 0 saturated carbocycles. The quantitative estimate of drug-likeness (QED) is 0.838. The lowest BCUT2D eigenvalue weighted by atomic mass is 10.2. The highest BCUT2D eigenvalue weighted by Gasteiger charge is 2.22. The van der Waals surface area contributed by atoms with E-state index >= 15 is 0 Å². The van der Waals surface area contributed by atoms with E-state index in [0.29, 0.717) is 19.6 Å². The number of nitrogens with zero attached hydrogens (tertiary/aromatic N) is 3. The van der Waals surface area contributed by atoms with Crippen molar-refractivity contribution in [1.82, 2.24) is 15.2 Å². The van der Waals surface area contributed by atoms with E-state index in [4.69, 9.17) is 0 Å². The van der Waals surface area contributed by atoms with Gasteiger partial charge in [-0.1, -0.05) is 24.3 Å². The van der Waals surface area contributed by atoms with Gasteiger partial charge < -0.3 is 15.1 Å². The van der Waals surface area contributed by atoms with E-state index in [-0.39, 0.29) is 18.2 Å². The van der Waals surface area contributed by atoms with Gasteiger partial charge in [-0.05, 0) is 24.3 Å². The van der Waals surface area contributed by atoms with Gasteiger partial charge in [0.15, 0.2) is 0 Å². The number of carbonyl (C=O) groups is 2. The Morgan fingerprint density at radius 3 is 2.36 bits per heavy atom. The van der Waals surface area contributed by atoms with Crippen molar-refractivity contribution >= 4 is 17.5 Å². The van der Waals surface area contributed by atoms with E-state index in [1.54, 1.807) is 11.1 Å². The second kappa shape index (κ2) is 8.28. The van der Waals surface area contributed by atoms with Crippen LogP contribution in [0.3, 0.4) is 0 Å². The van der Waals surface area contributed by atoms with Gasteiger partial charge in [-0.3, -0.25) is 14.6 Å². The molecule has 0 atom stereocenters. The van der Waals surface area contributed by atoms with Gasteiger partial charge >= 0.3 is 0 Å². The maximum atomic E-state index is 12.3. The molecule has 2 amide bonds. The molecule has 2 aromatic rings. The van der Waals surface area contributed by atoms with Crippen LogP contribution in [0.1, 0.15) is 12.1 Å². The van der Waals surface area contributed by atoms with Crippen LogP contribution in [0.15, 0.2) is 54.7 Å². The molecule has 6 heteroatoms. The van der Waals surface area contributed by atoms with Gasteiger partial charge in [-0.2, -0.15) is 0 Å². The second-order valence-electron chi connectivity index (χ2n) is 5.98. The summed E-state index contributed by atoms with van der Waals surface area (Å²) in [4.78, 5) is 32.4. The molecule has 0 bridgehead atoms. The van der Waals surface area contributed by atoms with Crippen LogP contribution in [0.25, 0.3) is 0 Å². The Morgan fingerprint density at radius 2 is 1.68 bits per heavy atom. The summed E-state index contributed by atoms with van der Waals surface area (Å²) in [6, 6.07) is 15.7. The summed E-state index contributed by atoms with van der Waals surface area (Å²) in [5.74, 6) is -0.382. The SMILES string of the molecule is O=C(CC(=O)N1CCN(c2ccccc2)CC1)NCc1ccccn1. The topological polar surface area (TPSA) is 65.5 Å². The summed E-state index contributed by atoms with van der Waals surface area (Å²) in [7, 11) is 0. The van der Waals surface area contributed by atoms with Crippen LogP contribution < -0.4 is 10.2 Å². The number of rotatable bonds is 5. The average molecular weight is 338 g/mol. The molecule has 0 spiro atoms. The Bertz CT molecular complexity index is 698. The summed E-state index contributed by atoms with van der Waals surface area (Å²) in [5.41, 5.74) is 1.95. The molecule has 3 rings (SSSR count). The summed E-state index contributed by atoms with van der Waals surface area (Å²) in [6.45, 7) is 3.19. The Balaban J connectivity index is 1.42. The van der Waals surface area contributed by atoms with E-state index in [1.165, 1.54) is 5.69 Å². The molecule has 1 saturated heterocycles. The zero-order valence-electron chi connectivity index (χ0n) is 14.1. The Hall–Kier alpha value is -2.89. The van der Waals surface area contributed by atoms with Crippen molar-refractivity contribution < 1.29 is 9.59 Å². The predicted octanol–water partition coefficient (Wildman–Crippen LogP) is 1.44. The van der Waals surface area contributed by atoms with E-state index in [0.717, 1.165) is 18.8 Å². The zero-order chi connectivity index (χ0) is 17.5. The first-order valence-corrected chi connectivity index (χ1v) is 8.47. The van der Waals surface area contributed by atoms with E-state index < -0.39 is 0 Å². The molecule has 2 heterocycles. The molecule has 1 aromatic heterocycles. The molecule has 130 valence electrons. The van der Waals surface area contributed by atoms with Crippen LogP contribution >= 0.6 is 0 Å². The first-order valence-electron chi connectivity index (χ1n) is 8.47. The molecule has 1 fully saturated rings. The third-order valence-corrected chi connectivity index (χ3v) is 4.26. The lowest BCUT2D eigenvalue weighted by Gasteiger charge is -2.36. The highest BCUT2D eigenvalue weighted by atomic mass is 16.2. The number of carbonyl (C=O) groups excluding carboxylic acids is 2. The van der Waals surface area contributed by atoms with E-state index in [9.17, 15) is 9.59 Å². The smallest absolute Gasteiger partial charge is 0.232 e. The normalized spacial score (nSPS) is 14.2. The molecule has 0 aliphatic carbocycles. The summed E-state index contributed by atoms with van der Waals surface area (Å²) in [6.07, 6.45) is 1.57. The number of piperazine rings is 1. The highest BCUT2D eigenvalue weighted by Crippen LogP contribution is 2.15. The van der Waals surface area contributed by atoms with Gasteiger partial charge in [0, 0.05) is 38.1 Å². The number of aromatic nitrogens is 1. The monoisotopic (exact) mass is 338 g/mol. The van der Waals surface area contributed by atoms with E-state index in [2.05, 4.69) is 27.3 Å². The van der Waals surface area contributed by atoms with Gasteiger partial charge in [-0.25, -0.2) is 0 Å². The minimum absolute atomic E-state index is 0.113. The molecular weight excluding hydrogens is 316 g/mol. The largest absolute Gasteiger partial charge is 0.368 e.